The molecule has 0 amide bonds. The van der Waals surface area contributed by atoms with Crippen LogP contribution in [-0.4, -0.2) is 11.5 Å². The minimum Gasteiger partial charge on any atom is -0.368 e. The maximum Gasteiger partial charge on any atom is 0.168 e. The van der Waals surface area contributed by atoms with E-state index in [-0.39, 0.29) is 11.6 Å². The second-order valence-corrected chi connectivity index (χ2v) is 5.08. The van der Waals surface area contributed by atoms with Gasteiger partial charge < -0.3 is 10.6 Å². The lowest BCUT2D eigenvalue weighted by Gasteiger charge is -2.10. The molecule has 3 nitrogen and oxygen atoms in total. The molecule has 0 bridgehead atoms. The number of anilines is 2. The average Bonchev–Trinajstić information content (AvgIpc) is 2.41. The van der Waals surface area contributed by atoms with E-state index in [0.717, 1.165) is 16.1 Å². The largest absolute Gasteiger partial charge is 0.368 e. The second-order valence-electron chi connectivity index (χ2n) is 4.16. The van der Waals surface area contributed by atoms with Gasteiger partial charge in [-0.15, -0.1) is 0 Å². The van der Waals surface area contributed by atoms with Crippen molar-refractivity contribution in [3.63, 3.8) is 0 Å². The highest BCUT2D eigenvalue weighted by molar-refractivity contribution is 9.10. The summed E-state index contributed by atoms with van der Waals surface area (Å²) in [6, 6.07) is 8.45. The zero-order valence-corrected chi connectivity index (χ0v) is 12.5. The van der Waals surface area contributed by atoms with E-state index in [4.69, 9.17) is 0 Å². The van der Waals surface area contributed by atoms with Crippen LogP contribution in [0.15, 0.2) is 34.8 Å². The van der Waals surface area contributed by atoms with Crippen LogP contribution in [0.2, 0.25) is 0 Å². The summed E-state index contributed by atoms with van der Waals surface area (Å²) in [6.07, 6.45) is 0. The second kappa shape index (κ2) is 6.65. The Labute approximate surface area is 124 Å². The molecule has 0 saturated heterocycles. The number of aromatic nitrogens is 1. The summed E-state index contributed by atoms with van der Waals surface area (Å²) in [6.45, 7) is 2.74. The molecular weight excluding hydrogens is 328 g/mol. The first kappa shape index (κ1) is 14.7. The van der Waals surface area contributed by atoms with E-state index >= 15 is 0 Å². The molecule has 0 saturated carbocycles. The maximum absolute atomic E-state index is 13.7. The third kappa shape index (κ3) is 3.66. The minimum atomic E-state index is -0.709. The summed E-state index contributed by atoms with van der Waals surface area (Å²) in [4.78, 5) is 3.92. The van der Waals surface area contributed by atoms with Crippen LogP contribution in [0, 0.1) is 11.6 Å². The van der Waals surface area contributed by atoms with Crippen LogP contribution in [0.3, 0.4) is 0 Å². The summed E-state index contributed by atoms with van der Waals surface area (Å²) in [5.74, 6) is -1.33. The summed E-state index contributed by atoms with van der Waals surface area (Å²) in [5, 5.41) is 5.62. The number of nitrogens with zero attached hydrogens (tertiary/aromatic N) is 1. The molecule has 0 fully saturated rings. The molecular formula is C14H14BrF2N3. The Kier molecular flexibility index (Phi) is 4.89. The number of nitrogens with one attached hydrogen (secondary N) is 2. The first-order chi connectivity index (χ1) is 9.60. The van der Waals surface area contributed by atoms with Crippen molar-refractivity contribution < 1.29 is 8.78 Å². The summed E-state index contributed by atoms with van der Waals surface area (Å²) in [7, 11) is 0. The van der Waals surface area contributed by atoms with Crippen molar-refractivity contribution in [2.75, 3.05) is 17.2 Å². The first-order valence-electron chi connectivity index (χ1n) is 6.18. The SMILES string of the molecule is CCNc1nc(NCc2cccc(Br)c2)c(F)cc1F. The van der Waals surface area contributed by atoms with Gasteiger partial charge in [0.2, 0.25) is 0 Å². The number of rotatable bonds is 5. The van der Waals surface area contributed by atoms with E-state index in [0.29, 0.717) is 13.1 Å². The quantitative estimate of drug-likeness (QED) is 0.857. The number of halogens is 3. The minimum absolute atomic E-state index is 0.0299. The van der Waals surface area contributed by atoms with Crippen molar-refractivity contribution in [3.05, 3.63) is 52.0 Å². The van der Waals surface area contributed by atoms with Crippen molar-refractivity contribution >= 4 is 27.6 Å². The van der Waals surface area contributed by atoms with Crippen LogP contribution in [0.4, 0.5) is 20.4 Å². The normalized spacial score (nSPS) is 10.4. The summed E-state index contributed by atoms with van der Waals surface area (Å²) >= 11 is 3.37. The molecule has 2 N–H and O–H groups in total. The fourth-order valence-electron chi connectivity index (χ4n) is 1.71. The molecule has 0 spiro atoms. The van der Waals surface area contributed by atoms with Gasteiger partial charge in [0.25, 0.3) is 0 Å². The molecule has 1 heterocycles. The standard InChI is InChI=1S/C14H14BrF2N3/c1-2-18-13-11(16)7-12(17)14(20-13)19-8-9-4-3-5-10(15)6-9/h3-7H,2,8H2,1H3,(H2,18,19,20). The number of hydrogen-bond donors (Lipinski definition) is 2. The van der Waals surface area contributed by atoms with Gasteiger partial charge in [-0.3, -0.25) is 0 Å². The van der Waals surface area contributed by atoms with Gasteiger partial charge in [-0.2, -0.15) is 0 Å². The fraction of sp³-hybridized carbons (Fsp3) is 0.214. The van der Waals surface area contributed by atoms with E-state index in [9.17, 15) is 8.78 Å². The van der Waals surface area contributed by atoms with Crippen LogP contribution >= 0.6 is 15.9 Å². The molecule has 0 aliphatic heterocycles. The molecule has 0 atom stereocenters. The van der Waals surface area contributed by atoms with Crippen molar-refractivity contribution in [3.8, 4) is 0 Å². The molecule has 20 heavy (non-hydrogen) atoms. The van der Waals surface area contributed by atoms with Crippen molar-refractivity contribution in [1.82, 2.24) is 4.98 Å². The Balaban J connectivity index is 2.14. The van der Waals surface area contributed by atoms with Crippen molar-refractivity contribution in [2.45, 2.75) is 13.5 Å². The monoisotopic (exact) mass is 341 g/mol. The van der Waals surface area contributed by atoms with Crippen LogP contribution < -0.4 is 10.6 Å². The van der Waals surface area contributed by atoms with Crippen LogP contribution in [-0.2, 0) is 6.54 Å². The molecule has 1 aromatic heterocycles. The fourth-order valence-corrected chi connectivity index (χ4v) is 2.16. The molecule has 6 heteroatoms. The first-order valence-corrected chi connectivity index (χ1v) is 6.97. The Morgan fingerprint density at radius 2 is 1.80 bits per heavy atom. The zero-order chi connectivity index (χ0) is 14.5. The van der Waals surface area contributed by atoms with Gasteiger partial charge in [0, 0.05) is 23.6 Å². The number of benzene rings is 1. The Hall–Kier alpha value is -1.69. The lowest BCUT2D eigenvalue weighted by atomic mass is 10.2. The van der Waals surface area contributed by atoms with Crippen LogP contribution in [0.5, 0.6) is 0 Å². The average molecular weight is 342 g/mol. The zero-order valence-electron chi connectivity index (χ0n) is 10.9. The van der Waals surface area contributed by atoms with E-state index in [1.54, 1.807) is 0 Å². The molecule has 106 valence electrons. The van der Waals surface area contributed by atoms with E-state index < -0.39 is 11.6 Å². The summed E-state index contributed by atoms with van der Waals surface area (Å²) in [5.41, 5.74) is 0.968. The predicted molar refractivity (Wildman–Crippen MR) is 79.8 cm³/mol. The van der Waals surface area contributed by atoms with Crippen LogP contribution in [0.25, 0.3) is 0 Å². The van der Waals surface area contributed by atoms with Gasteiger partial charge in [-0.05, 0) is 24.6 Å². The van der Waals surface area contributed by atoms with Gasteiger partial charge in [0.05, 0.1) is 0 Å². The third-order valence-electron chi connectivity index (χ3n) is 2.62. The van der Waals surface area contributed by atoms with Crippen LogP contribution in [0.1, 0.15) is 12.5 Å². The molecule has 0 unspecified atom stereocenters. The van der Waals surface area contributed by atoms with Gasteiger partial charge in [-0.25, -0.2) is 13.8 Å². The molecule has 0 aliphatic carbocycles. The lowest BCUT2D eigenvalue weighted by Crippen LogP contribution is -2.08. The highest BCUT2D eigenvalue weighted by atomic mass is 79.9. The van der Waals surface area contributed by atoms with Gasteiger partial charge in [-0.1, -0.05) is 28.1 Å². The van der Waals surface area contributed by atoms with Gasteiger partial charge >= 0.3 is 0 Å². The van der Waals surface area contributed by atoms with Crippen molar-refractivity contribution in [1.29, 1.82) is 0 Å². The summed E-state index contributed by atoms with van der Waals surface area (Å²) < 4.78 is 28.0. The van der Waals surface area contributed by atoms with Gasteiger partial charge in [0.1, 0.15) is 0 Å². The third-order valence-corrected chi connectivity index (χ3v) is 3.12. The smallest absolute Gasteiger partial charge is 0.168 e. The number of hydrogen-bond acceptors (Lipinski definition) is 3. The Bertz CT molecular complexity index is 605. The van der Waals surface area contributed by atoms with Crippen molar-refractivity contribution in [2.24, 2.45) is 0 Å². The van der Waals surface area contributed by atoms with Gasteiger partial charge in [0.15, 0.2) is 23.3 Å². The molecule has 2 aromatic rings. The maximum atomic E-state index is 13.7. The number of pyridine rings is 1. The molecule has 2 rings (SSSR count). The molecule has 0 radical (unpaired) electrons. The highest BCUT2D eigenvalue weighted by Gasteiger charge is 2.11. The highest BCUT2D eigenvalue weighted by Crippen LogP contribution is 2.20. The van der Waals surface area contributed by atoms with E-state index in [1.165, 1.54) is 0 Å². The lowest BCUT2D eigenvalue weighted by molar-refractivity contribution is 0.578. The molecule has 1 aromatic carbocycles. The van der Waals surface area contributed by atoms with E-state index in [1.807, 2.05) is 31.2 Å². The Morgan fingerprint density at radius 3 is 2.45 bits per heavy atom. The Morgan fingerprint density at radius 1 is 1.10 bits per heavy atom. The topological polar surface area (TPSA) is 37.0 Å². The van der Waals surface area contributed by atoms with E-state index in [2.05, 4.69) is 31.5 Å². The molecule has 0 aliphatic rings. The predicted octanol–water partition coefficient (Wildman–Crippen LogP) is 4.17.